The van der Waals surface area contributed by atoms with Crippen LogP contribution in [-0.4, -0.2) is 10.9 Å². The zero-order valence-corrected chi connectivity index (χ0v) is 12.0. The molecule has 0 unspecified atom stereocenters. The SMILES string of the molecule is Cc1ccccc1CC(=O)NCc1c[nH]c2ccccc12. The molecule has 1 amide bonds. The van der Waals surface area contributed by atoms with Gasteiger partial charge in [0.25, 0.3) is 0 Å². The van der Waals surface area contributed by atoms with Crippen LogP contribution in [0.25, 0.3) is 10.9 Å². The van der Waals surface area contributed by atoms with Crippen molar-refractivity contribution in [3.63, 3.8) is 0 Å². The van der Waals surface area contributed by atoms with E-state index in [9.17, 15) is 4.79 Å². The molecule has 3 rings (SSSR count). The van der Waals surface area contributed by atoms with Gasteiger partial charge in [-0.3, -0.25) is 4.79 Å². The number of carbonyl (C=O) groups excluding carboxylic acids is 1. The second kappa shape index (κ2) is 5.83. The van der Waals surface area contributed by atoms with Crippen molar-refractivity contribution in [2.75, 3.05) is 0 Å². The topological polar surface area (TPSA) is 44.9 Å². The summed E-state index contributed by atoms with van der Waals surface area (Å²) in [6.45, 7) is 2.58. The molecule has 0 saturated carbocycles. The molecule has 106 valence electrons. The fraction of sp³-hybridized carbons (Fsp3) is 0.167. The number of rotatable bonds is 4. The first-order valence-corrected chi connectivity index (χ1v) is 7.10. The van der Waals surface area contributed by atoms with Gasteiger partial charge in [0, 0.05) is 23.6 Å². The maximum Gasteiger partial charge on any atom is 0.224 e. The fourth-order valence-electron chi connectivity index (χ4n) is 2.52. The number of para-hydroxylation sites is 1. The summed E-state index contributed by atoms with van der Waals surface area (Å²) in [6.07, 6.45) is 2.38. The minimum atomic E-state index is 0.0505. The summed E-state index contributed by atoms with van der Waals surface area (Å²) >= 11 is 0. The maximum absolute atomic E-state index is 12.1. The van der Waals surface area contributed by atoms with E-state index in [1.54, 1.807) is 0 Å². The van der Waals surface area contributed by atoms with Crippen molar-refractivity contribution in [1.82, 2.24) is 10.3 Å². The summed E-state index contributed by atoms with van der Waals surface area (Å²) in [5.41, 5.74) is 4.44. The Bertz CT molecular complexity index is 773. The average Bonchev–Trinajstić information content (AvgIpc) is 2.91. The summed E-state index contributed by atoms with van der Waals surface area (Å²) < 4.78 is 0. The van der Waals surface area contributed by atoms with E-state index in [2.05, 4.69) is 16.4 Å². The molecule has 0 atom stereocenters. The molecule has 21 heavy (non-hydrogen) atoms. The van der Waals surface area contributed by atoms with E-state index in [0.717, 1.165) is 27.6 Å². The average molecular weight is 278 g/mol. The standard InChI is InChI=1S/C18H18N2O/c1-13-6-2-3-7-14(13)10-18(21)20-12-15-11-19-17-9-5-4-8-16(15)17/h2-9,11,19H,10,12H2,1H3,(H,20,21). The number of benzene rings is 2. The number of nitrogens with one attached hydrogen (secondary N) is 2. The minimum Gasteiger partial charge on any atom is -0.361 e. The number of aryl methyl sites for hydroxylation is 1. The second-order valence-electron chi connectivity index (χ2n) is 5.24. The maximum atomic E-state index is 12.1. The molecule has 3 nitrogen and oxygen atoms in total. The minimum absolute atomic E-state index is 0.0505. The number of carbonyl (C=O) groups is 1. The third-order valence-electron chi connectivity index (χ3n) is 3.76. The zero-order chi connectivity index (χ0) is 14.7. The molecule has 0 radical (unpaired) electrons. The second-order valence-corrected chi connectivity index (χ2v) is 5.24. The highest BCUT2D eigenvalue weighted by molar-refractivity contribution is 5.84. The van der Waals surface area contributed by atoms with Gasteiger partial charge in [-0.25, -0.2) is 0 Å². The number of hydrogen-bond acceptors (Lipinski definition) is 1. The molecule has 0 aliphatic rings. The molecule has 0 aliphatic carbocycles. The van der Waals surface area contributed by atoms with E-state index in [1.807, 2.05) is 55.6 Å². The van der Waals surface area contributed by atoms with Crippen molar-refractivity contribution < 1.29 is 4.79 Å². The van der Waals surface area contributed by atoms with Crippen molar-refractivity contribution in [3.8, 4) is 0 Å². The third-order valence-corrected chi connectivity index (χ3v) is 3.76. The molecule has 1 aromatic heterocycles. The Kier molecular flexibility index (Phi) is 3.73. The molecule has 0 spiro atoms. The molecule has 0 bridgehead atoms. The van der Waals surface area contributed by atoms with Gasteiger partial charge in [-0.1, -0.05) is 42.5 Å². The van der Waals surface area contributed by atoms with Crippen molar-refractivity contribution in [1.29, 1.82) is 0 Å². The Morgan fingerprint density at radius 3 is 2.67 bits per heavy atom. The Balaban J connectivity index is 1.65. The van der Waals surface area contributed by atoms with Gasteiger partial charge in [0.2, 0.25) is 5.91 Å². The first-order chi connectivity index (χ1) is 10.2. The lowest BCUT2D eigenvalue weighted by atomic mass is 10.1. The summed E-state index contributed by atoms with van der Waals surface area (Å²) in [5, 5.41) is 4.15. The predicted octanol–water partition coefficient (Wildman–Crippen LogP) is 3.34. The van der Waals surface area contributed by atoms with Crippen LogP contribution in [0, 0.1) is 6.92 Å². The van der Waals surface area contributed by atoms with Crippen LogP contribution in [0.15, 0.2) is 54.7 Å². The van der Waals surface area contributed by atoms with Crippen LogP contribution in [0.3, 0.4) is 0 Å². The number of hydrogen-bond donors (Lipinski definition) is 2. The number of aromatic nitrogens is 1. The summed E-state index contributed by atoms with van der Waals surface area (Å²) in [4.78, 5) is 15.3. The van der Waals surface area contributed by atoms with Gasteiger partial charge in [-0.05, 0) is 29.7 Å². The van der Waals surface area contributed by atoms with E-state index in [-0.39, 0.29) is 5.91 Å². The van der Waals surface area contributed by atoms with Gasteiger partial charge < -0.3 is 10.3 Å². The monoisotopic (exact) mass is 278 g/mol. The highest BCUT2D eigenvalue weighted by atomic mass is 16.1. The largest absolute Gasteiger partial charge is 0.361 e. The van der Waals surface area contributed by atoms with Gasteiger partial charge in [0.05, 0.1) is 6.42 Å². The molecule has 3 aromatic rings. The lowest BCUT2D eigenvalue weighted by Gasteiger charge is -2.07. The lowest BCUT2D eigenvalue weighted by Crippen LogP contribution is -2.24. The van der Waals surface area contributed by atoms with Gasteiger partial charge in [-0.15, -0.1) is 0 Å². The van der Waals surface area contributed by atoms with Crippen LogP contribution in [0.2, 0.25) is 0 Å². The summed E-state index contributed by atoms with van der Waals surface area (Å²) in [7, 11) is 0. The van der Waals surface area contributed by atoms with Crippen LogP contribution in [0.1, 0.15) is 16.7 Å². The van der Waals surface area contributed by atoms with E-state index < -0.39 is 0 Å². The normalized spacial score (nSPS) is 10.7. The van der Waals surface area contributed by atoms with Crippen LogP contribution in [-0.2, 0) is 17.8 Å². The van der Waals surface area contributed by atoms with Crippen molar-refractivity contribution >= 4 is 16.8 Å². The first kappa shape index (κ1) is 13.4. The molecule has 0 fully saturated rings. The Morgan fingerprint density at radius 1 is 1.05 bits per heavy atom. The quantitative estimate of drug-likeness (QED) is 0.755. The molecular formula is C18H18N2O. The Hall–Kier alpha value is -2.55. The smallest absolute Gasteiger partial charge is 0.224 e. The molecule has 2 N–H and O–H groups in total. The van der Waals surface area contributed by atoms with Crippen LogP contribution in [0.4, 0.5) is 0 Å². The summed E-state index contributed by atoms with van der Waals surface area (Å²) in [6, 6.07) is 16.1. The highest BCUT2D eigenvalue weighted by Gasteiger charge is 2.07. The van der Waals surface area contributed by atoms with Gasteiger partial charge in [0.15, 0.2) is 0 Å². The van der Waals surface area contributed by atoms with E-state index in [0.29, 0.717) is 13.0 Å². The predicted molar refractivity (Wildman–Crippen MR) is 85.0 cm³/mol. The molecule has 2 aromatic carbocycles. The van der Waals surface area contributed by atoms with E-state index in [4.69, 9.17) is 0 Å². The highest BCUT2D eigenvalue weighted by Crippen LogP contribution is 2.17. The molecule has 0 aliphatic heterocycles. The molecule has 3 heteroatoms. The number of H-pyrrole nitrogens is 1. The Morgan fingerprint density at radius 2 is 1.81 bits per heavy atom. The fourth-order valence-corrected chi connectivity index (χ4v) is 2.52. The summed E-state index contributed by atoms with van der Waals surface area (Å²) in [5.74, 6) is 0.0505. The zero-order valence-electron chi connectivity index (χ0n) is 12.0. The lowest BCUT2D eigenvalue weighted by molar-refractivity contribution is -0.120. The van der Waals surface area contributed by atoms with E-state index in [1.165, 1.54) is 0 Å². The van der Waals surface area contributed by atoms with Gasteiger partial charge in [-0.2, -0.15) is 0 Å². The van der Waals surface area contributed by atoms with Crippen molar-refractivity contribution in [2.24, 2.45) is 0 Å². The van der Waals surface area contributed by atoms with Gasteiger partial charge >= 0.3 is 0 Å². The Labute approximate surface area is 124 Å². The van der Waals surface area contributed by atoms with Gasteiger partial charge in [0.1, 0.15) is 0 Å². The molecule has 0 saturated heterocycles. The first-order valence-electron chi connectivity index (χ1n) is 7.10. The number of fused-ring (bicyclic) bond motifs is 1. The van der Waals surface area contributed by atoms with Crippen molar-refractivity contribution in [2.45, 2.75) is 19.9 Å². The number of aromatic amines is 1. The van der Waals surface area contributed by atoms with Crippen LogP contribution in [0.5, 0.6) is 0 Å². The molecule has 1 heterocycles. The third kappa shape index (κ3) is 2.97. The van der Waals surface area contributed by atoms with Crippen molar-refractivity contribution in [3.05, 3.63) is 71.4 Å². The van der Waals surface area contributed by atoms with E-state index >= 15 is 0 Å². The van der Waals surface area contributed by atoms with Crippen LogP contribution >= 0.6 is 0 Å². The van der Waals surface area contributed by atoms with Crippen LogP contribution < -0.4 is 5.32 Å². The molecular weight excluding hydrogens is 260 g/mol. The number of amides is 1.